The van der Waals surface area contributed by atoms with Gasteiger partial charge in [0, 0.05) is 18.4 Å². The molecule has 0 spiro atoms. The van der Waals surface area contributed by atoms with Crippen molar-refractivity contribution in [3.05, 3.63) is 78.6 Å². The molecule has 3 rings (SSSR count). The Labute approximate surface area is 146 Å². The van der Waals surface area contributed by atoms with Crippen LogP contribution in [0.25, 0.3) is 11.1 Å². The topological polar surface area (TPSA) is 55.0 Å². The second-order valence-electron chi connectivity index (χ2n) is 5.87. The number of hydrogen-bond acceptors (Lipinski definition) is 3. The van der Waals surface area contributed by atoms with Gasteiger partial charge in [0.15, 0.2) is 0 Å². The Morgan fingerprint density at radius 2 is 1.60 bits per heavy atom. The van der Waals surface area contributed by atoms with Gasteiger partial charge in [-0.2, -0.15) is 5.26 Å². The second kappa shape index (κ2) is 7.50. The predicted molar refractivity (Wildman–Crippen MR) is 96.0 cm³/mol. The van der Waals surface area contributed by atoms with Gasteiger partial charge in [0.2, 0.25) is 0 Å². The highest BCUT2D eigenvalue weighted by Gasteiger charge is 2.12. The first-order chi connectivity index (χ1) is 12.2. The number of nitriles is 1. The van der Waals surface area contributed by atoms with Gasteiger partial charge in [-0.05, 0) is 54.4 Å². The molecule has 2 aromatic carbocycles. The molecule has 4 heteroatoms. The molecule has 0 aliphatic carbocycles. The van der Waals surface area contributed by atoms with Crippen molar-refractivity contribution in [1.82, 2.24) is 4.57 Å². The quantitative estimate of drug-likeness (QED) is 0.508. The highest BCUT2D eigenvalue weighted by Crippen LogP contribution is 2.23. The van der Waals surface area contributed by atoms with Crippen LogP contribution >= 0.6 is 0 Å². The van der Waals surface area contributed by atoms with Gasteiger partial charge in [-0.3, -0.25) is 4.79 Å². The molecule has 0 aliphatic rings. The van der Waals surface area contributed by atoms with Crippen molar-refractivity contribution < 1.29 is 9.53 Å². The summed E-state index contributed by atoms with van der Waals surface area (Å²) in [5.41, 5.74) is 2.65. The molecule has 0 radical (unpaired) electrons. The molecule has 3 aromatic rings. The van der Waals surface area contributed by atoms with E-state index in [0.29, 0.717) is 17.7 Å². The summed E-state index contributed by atoms with van der Waals surface area (Å²) in [5.74, 6) is 0.273. The van der Waals surface area contributed by atoms with Crippen molar-refractivity contribution in [1.29, 1.82) is 5.26 Å². The van der Waals surface area contributed by atoms with Gasteiger partial charge in [-0.1, -0.05) is 24.3 Å². The zero-order valence-electron chi connectivity index (χ0n) is 13.9. The fraction of sp³-hybridized carbons (Fsp3) is 0.143. The minimum Gasteiger partial charge on any atom is -0.426 e. The van der Waals surface area contributed by atoms with Crippen LogP contribution in [-0.2, 0) is 4.79 Å². The van der Waals surface area contributed by atoms with Crippen molar-refractivity contribution in [2.45, 2.75) is 19.4 Å². The van der Waals surface area contributed by atoms with E-state index >= 15 is 0 Å². The van der Waals surface area contributed by atoms with Crippen LogP contribution < -0.4 is 4.74 Å². The normalized spacial score (nSPS) is 11.5. The molecule has 0 amide bonds. The standard InChI is InChI=1S/C21H18N2O2/c1-16(23-12-2-3-13-23)14-21(24)25-20-10-8-19(9-11-20)18-6-4-17(15-22)5-7-18/h2-13,16H,14H2,1H3. The largest absolute Gasteiger partial charge is 0.426 e. The fourth-order valence-electron chi connectivity index (χ4n) is 2.61. The SMILES string of the molecule is CC(CC(=O)Oc1ccc(-c2ccc(C#N)cc2)cc1)n1cccc1. The number of ether oxygens (including phenoxy) is 1. The number of esters is 1. The molecule has 0 saturated carbocycles. The maximum atomic E-state index is 12.1. The highest BCUT2D eigenvalue weighted by atomic mass is 16.5. The third-order valence-electron chi connectivity index (χ3n) is 4.03. The predicted octanol–water partition coefficient (Wildman–Crippen LogP) is 4.58. The lowest BCUT2D eigenvalue weighted by molar-refractivity contribution is -0.135. The van der Waals surface area contributed by atoms with E-state index in [1.807, 2.05) is 60.3 Å². The average Bonchev–Trinajstić information content (AvgIpc) is 3.17. The van der Waals surface area contributed by atoms with Crippen LogP contribution in [-0.4, -0.2) is 10.5 Å². The van der Waals surface area contributed by atoms with E-state index in [4.69, 9.17) is 10.00 Å². The molecule has 0 bridgehead atoms. The first kappa shape index (κ1) is 16.5. The van der Waals surface area contributed by atoms with Crippen molar-refractivity contribution in [2.75, 3.05) is 0 Å². The molecule has 1 heterocycles. The summed E-state index contributed by atoms with van der Waals surface area (Å²) in [5, 5.41) is 8.84. The van der Waals surface area contributed by atoms with Crippen LogP contribution in [0.3, 0.4) is 0 Å². The van der Waals surface area contributed by atoms with E-state index in [1.54, 1.807) is 24.3 Å². The van der Waals surface area contributed by atoms with Gasteiger partial charge >= 0.3 is 5.97 Å². The Morgan fingerprint density at radius 1 is 1.04 bits per heavy atom. The summed E-state index contributed by atoms with van der Waals surface area (Å²) in [7, 11) is 0. The van der Waals surface area contributed by atoms with Crippen molar-refractivity contribution >= 4 is 5.97 Å². The molecule has 1 aromatic heterocycles. The third kappa shape index (κ3) is 4.15. The second-order valence-corrected chi connectivity index (χ2v) is 5.87. The zero-order valence-corrected chi connectivity index (χ0v) is 13.9. The van der Waals surface area contributed by atoms with Crippen LogP contribution in [0.1, 0.15) is 24.9 Å². The van der Waals surface area contributed by atoms with Gasteiger partial charge in [-0.25, -0.2) is 0 Å². The maximum Gasteiger partial charge on any atom is 0.313 e. The number of carbonyl (C=O) groups is 1. The molecular weight excluding hydrogens is 312 g/mol. The monoisotopic (exact) mass is 330 g/mol. The molecule has 25 heavy (non-hydrogen) atoms. The van der Waals surface area contributed by atoms with E-state index in [-0.39, 0.29) is 12.0 Å². The number of rotatable bonds is 5. The third-order valence-corrected chi connectivity index (χ3v) is 4.03. The Bertz CT molecular complexity index is 873. The smallest absolute Gasteiger partial charge is 0.313 e. The molecule has 0 fully saturated rings. The molecule has 4 nitrogen and oxygen atoms in total. The molecule has 124 valence electrons. The zero-order chi connectivity index (χ0) is 17.6. The Balaban J connectivity index is 1.62. The molecule has 0 N–H and O–H groups in total. The number of aromatic nitrogens is 1. The van der Waals surface area contributed by atoms with Crippen molar-refractivity contribution in [3.63, 3.8) is 0 Å². The summed E-state index contributed by atoms with van der Waals surface area (Å²) in [6, 6.07) is 20.8. The Hall–Kier alpha value is -3.32. The van der Waals surface area contributed by atoms with Crippen LogP contribution in [0.5, 0.6) is 5.75 Å². The summed E-state index contributed by atoms with van der Waals surface area (Å²) in [6.45, 7) is 1.98. The van der Waals surface area contributed by atoms with E-state index in [0.717, 1.165) is 11.1 Å². The maximum absolute atomic E-state index is 12.1. The van der Waals surface area contributed by atoms with E-state index < -0.39 is 0 Å². The average molecular weight is 330 g/mol. The van der Waals surface area contributed by atoms with Crippen LogP contribution in [0.4, 0.5) is 0 Å². The Kier molecular flexibility index (Phi) is 4.96. The first-order valence-electron chi connectivity index (χ1n) is 8.09. The van der Waals surface area contributed by atoms with Gasteiger partial charge in [0.1, 0.15) is 5.75 Å². The fourth-order valence-corrected chi connectivity index (χ4v) is 2.61. The number of carbonyl (C=O) groups excluding carboxylic acids is 1. The summed E-state index contributed by atoms with van der Waals surface area (Å²) < 4.78 is 7.40. The molecule has 0 aliphatic heterocycles. The van der Waals surface area contributed by atoms with Gasteiger partial charge in [0.05, 0.1) is 18.1 Å². The lowest BCUT2D eigenvalue weighted by atomic mass is 10.0. The lowest BCUT2D eigenvalue weighted by Gasteiger charge is -2.13. The molecule has 1 unspecified atom stereocenters. The number of nitrogens with zero attached hydrogens (tertiary/aromatic N) is 2. The number of benzene rings is 2. The minimum atomic E-state index is -0.257. The number of hydrogen-bond donors (Lipinski definition) is 0. The highest BCUT2D eigenvalue weighted by molar-refractivity contribution is 5.73. The summed E-state index contributed by atoms with van der Waals surface area (Å²) in [6.07, 6.45) is 4.18. The van der Waals surface area contributed by atoms with E-state index in [2.05, 4.69) is 6.07 Å². The summed E-state index contributed by atoms with van der Waals surface area (Å²) in [4.78, 5) is 12.1. The van der Waals surface area contributed by atoms with Gasteiger partial charge in [0.25, 0.3) is 0 Å². The summed E-state index contributed by atoms with van der Waals surface area (Å²) >= 11 is 0. The van der Waals surface area contributed by atoms with E-state index in [1.165, 1.54) is 0 Å². The molecule has 1 atom stereocenters. The molecule has 0 saturated heterocycles. The lowest BCUT2D eigenvalue weighted by Crippen LogP contribution is -2.14. The van der Waals surface area contributed by atoms with Crippen LogP contribution in [0, 0.1) is 11.3 Å². The van der Waals surface area contributed by atoms with Crippen molar-refractivity contribution in [2.24, 2.45) is 0 Å². The van der Waals surface area contributed by atoms with Crippen molar-refractivity contribution in [3.8, 4) is 22.9 Å². The van der Waals surface area contributed by atoms with Gasteiger partial charge < -0.3 is 9.30 Å². The first-order valence-corrected chi connectivity index (χ1v) is 8.09. The minimum absolute atomic E-state index is 0.0559. The van der Waals surface area contributed by atoms with Crippen LogP contribution in [0.2, 0.25) is 0 Å². The van der Waals surface area contributed by atoms with Crippen LogP contribution in [0.15, 0.2) is 73.1 Å². The van der Waals surface area contributed by atoms with Gasteiger partial charge in [-0.15, -0.1) is 0 Å². The van der Waals surface area contributed by atoms with E-state index in [9.17, 15) is 4.79 Å². The Morgan fingerprint density at radius 3 is 2.16 bits per heavy atom. The molecular formula is C21H18N2O2.